The van der Waals surface area contributed by atoms with Gasteiger partial charge in [-0.25, -0.2) is 0 Å². The van der Waals surface area contributed by atoms with Gasteiger partial charge < -0.3 is 15.2 Å². The van der Waals surface area contributed by atoms with Crippen LogP contribution in [0.2, 0.25) is 0 Å². The first-order chi connectivity index (χ1) is 9.20. The number of hydrogen-bond donors (Lipinski definition) is 2. The first kappa shape index (κ1) is 15.8. The molecule has 5 nitrogen and oxygen atoms in total. The van der Waals surface area contributed by atoms with Gasteiger partial charge in [0, 0.05) is 0 Å². The molecule has 1 aromatic carbocycles. The van der Waals surface area contributed by atoms with Crippen molar-refractivity contribution in [3.8, 4) is 5.75 Å². The van der Waals surface area contributed by atoms with Crippen molar-refractivity contribution in [3.63, 3.8) is 0 Å². The monoisotopic (exact) mass is 291 g/mol. The molecule has 0 bridgehead atoms. The summed E-state index contributed by atoms with van der Waals surface area (Å²) >= 11 is 0. The van der Waals surface area contributed by atoms with E-state index in [1.54, 1.807) is 0 Å². The molecular weight excluding hydrogens is 279 g/mol. The van der Waals surface area contributed by atoms with Gasteiger partial charge in [0.2, 0.25) is 0 Å². The SMILES string of the molecule is C[C@@H](NC(=O)COc1ccc(C(F)(F)F)cc1)C(=O)O. The van der Waals surface area contributed by atoms with E-state index in [1.165, 1.54) is 6.92 Å². The van der Waals surface area contributed by atoms with Crippen LogP contribution in [-0.2, 0) is 15.8 Å². The fraction of sp³-hybridized carbons (Fsp3) is 0.333. The van der Waals surface area contributed by atoms with Crippen molar-refractivity contribution in [2.75, 3.05) is 6.61 Å². The summed E-state index contributed by atoms with van der Waals surface area (Å²) in [5.41, 5.74) is -0.825. The quantitative estimate of drug-likeness (QED) is 0.865. The number of rotatable bonds is 5. The lowest BCUT2D eigenvalue weighted by Crippen LogP contribution is -2.40. The Labute approximate surface area is 112 Å². The Morgan fingerprint density at radius 1 is 1.30 bits per heavy atom. The second kappa shape index (κ2) is 6.27. The number of nitrogens with one attached hydrogen (secondary N) is 1. The minimum absolute atomic E-state index is 0.0797. The third kappa shape index (κ3) is 4.79. The number of aliphatic carboxylic acids is 1. The molecule has 0 aromatic heterocycles. The van der Waals surface area contributed by atoms with Crippen LogP contribution in [0.3, 0.4) is 0 Å². The summed E-state index contributed by atoms with van der Waals surface area (Å²) in [5.74, 6) is -1.80. The molecule has 0 saturated heterocycles. The van der Waals surface area contributed by atoms with Gasteiger partial charge in [-0.1, -0.05) is 0 Å². The van der Waals surface area contributed by atoms with Crippen LogP contribution in [0.15, 0.2) is 24.3 Å². The summed E-state index contributed by atoms with van der Waals surface area (Å²) < 4.78 is 41.8. The highest BCUT2D eigenvalue weighted by Crippen LogP contribution is 2.30. The minimum atomic E-state index is -4.44. The van der Waals surface area contributed by atoms with Crippen LogP contribution in [0.5, 0.6) is 5.75 Å². The molecule has 1 rings (SSSR count). The Morgan fingerprint density at radius 3 is 2.30 bits per heavy atom. The highest BCUT2D eigenvalue weighted by atomic mass is 19.4. The number of amides is 1. The third-order valence-corrected chi connectivity index (χ3v) is 2.30. The summed E-state index contributed by atoms with van der Waals surface area (Å²) in [4.78, 5) is 21.8. The lowest BCUT2D eigenvalue weighted by molar-refractivity contribution is -0.141. The Balaban J connectivity index is 2.50. The number of carbonyl (C=O) groups is 2. The maximum atomic E-state index is 12.3. The van der Waals surface area contributed by atoms with E-state index in [-0.39, 0.29) is 5.75 Å². The second-order valence-corrected chi connectivity index (χ2v) is 3.94. The minimum Gasteiger partial charge on any atom is -0.484 e. The normalized spacial score (nSPS) is 12.6. The van der Waals surface area contributed by atoms with Gasteiger partial charge in [-0.05, 0) is 31.2 Å². The van der Waals surface area contributed by atoms with Gasteiger partial charge in [0.1, 0.15) is 11.8 Å². The van der Waals surface area contributed by atoms with E-state index in [1.807, 2.05) is 0 Å². The van der Waals surface area contributed by atoms with Gasteiger partial charge in [-0.3, -0.25) is 9.59 Å². The lowest BCUT2D eigenvalue weighted by Gasteiger charge is -2.11. The van der Waals surface area contributed by atoms with Crippen LogP contribution in [0, 0.1) is 0 Å². The van der Waals surface area contributed by atoms with Crippen molar-refractivity contribution in [1.29, 1.82) is 0 Å². The molecule has 20 heavy (non-hydrogen) atoms. The number of carbonyl (C=O) groups excluding carboxylic acids is 1. The van der Waals surface area contributed by atoms with Gasteiger partial charge in [0.25, 0.3) is 5.91 Å². The molecule has 0 spiro atoms. The highest BCUT2D eigenvalue weighted by Gasteiger charge is 2.30. The van der Waals surface area contributed by atoms with Crippen LogP contribution in [0.25, 0.3) is 0 Å². The van der Waals surface area contributed by atoms with E-state index >= 15 is 0 Å². The fourth-order valence-electron chi connectivity index (χ4n) is 1.23. The first-order valence-electron chi connectivity index (χ1n) is 5.52. The van der Waals surface area contributed by atoms with E-state index in [9.17, 15) is 22.8 Å². The standard InChI is InChI=1S/C12H12F3NO4/c1-7(11(18)19)16-10(17)6-20-9-4-2-8(3-5-9)12(13,14)15/h2-5,7H,6H2,1H3,(H,16,17)(H,18,19)/t7-/m1/s1. The number of carboxylic acid groups (broad SMARTS) is 1. The van der Waals surface area contributed by atoms with E-state index in [0.29, 0.717) is 0 Å². The van der Waals surface area contributed by atoms with Crippen LogP contribution in [-0.4, -0.2) is 29.6 Å². The van der Waals surface area contributed by atoms with Crippen LogP contribution in [0.1, 0.15) is 12.5 Å². The zero-order valence-electron chi connectivity index (χ0n) is 10.4. The van der Waals surface area contributed by atoms with Gasteiger partial charge in [0.05, 0.1) is 5.56 Å². The molecule has 0 aliphatic carbocycles. The van der Waals surface area contributed by atoms with Gasteiger partial charge in [-0.15, -0.1) is 0 Å². The molecule has 1 aromatic rings. The van der Waals surface area contributed by atoms with Crippen molar-refractivity contribution < 1.29 is 32.6 Å². The van der Waals surface area contributed by atoms with Gasteiger partial charge in [0.15, 0.2) is 6.61 Å². The highest BCUT2D eigenvalue weighted by molar-refractivity contribution is 5.84. The summed E-state index contributed by atoms with van der Waals surface area (Å²) in [6, 6.07) is 2.74. The molecular formula is C12H12F3NO4. The first-order valence-corrected chi connectivity index (χ1v) is 5.52. The van der Waals surface area contributed by atoms with E-state index in [4.69, 9.17) is 9.84 Å². The molecule has 1 atom stereocenters. The fourth-order valence-corrected chi connectivity index (χ4v) is 1.23. The molecule has 0 heterocycles. The Bertz CT molecular complexity index is 484. The van der Waals surface area contributed by atoms with Crippen molar-refractivity contribution in [2.24, 2.45) is 0 Å². The number of alkyl halides is 3. The Kier molecular flexibility index (Phi) is 4.95. The molecule has 0 aliphatic heterocycles. The molecule has 0 saturated carbocycles. The lowest BCUT2D eigenvalue weighted by atomic mass is 10.2. The van der Waals surface area contributed by atoms with E-state index in [2.05, 4.69) is 5.32 Å². The van der Waals surface area contributed by atoms with Crippen molar-refractivity contribution in [3.05, 3.63) is 29.8 Å². The molecule has 0 aliphatic rings. The molecule has 0 unspecified atom stereocenters. The predicted molar refractivity (Wildman–Crippen MR) is 62.2 cm³/mol. The predicted octanol–water partition coefficient (Wildman–Crippen LogP) is 1.67. The van der Waals surface area contributed by atoms with Crippen LogP contribution >= 0.6 is 0 Å². The van der Waals surface area contributed by atoms with Crippen molar-refractivity contribution >= 4 is 11.9 Å². The summed E-state index contributed by atoms with van der Waals surface area (Å²) in [6.07, 6.45) is -4.44. The Morgan fingerprint density at radius 2 is 1.85 bits per heavy atom. The average Bonchev–Trinajstić information content (AvgIpc) is 2.35. The maximum absolute atomic E-state index is 12.3. The van der Waals surface area contributed by atoms with Crippen molar-refractivity contribution in [2.45, 2.75) is 19.1 Å². The molecule has 0 fully saturated rings. The second-order valence-electron chi connectivity index (χ2n) is 3.94. The zero-order valence-corrected chi connectivity index (χ0v) is 10.4. The Hall–Kier alpha value is -2.25. The zero-order chi connectivity index (χ0) is 15.3. The number of ether oxygens (including phenoxy) is 1. The number of benzene rings is 1. The average molecular weight is 291 g/mol. The van der Waals surface area contributed by atoms with Crippen LogP contribution in [0.4, 0.5) is 13.2 Å². The smallest absolute Gasteiger partial charge is 0.416 e. The molecule has 110 valence electrons. The summed E-state index contributed by atoms with van der Waals surface area (Å²) in [5, 5.41) is 10.7. The van der Waals surface area contributed by atoms with Crippen molar-refractivity contribution in [1.82, 2.24) is 5.32 Å². The largest absolute Gasteiger partial charge is 0.484 e. The third-order valence-electron chi connectivity index (χ3n) is 2.30. The number of carboxylic acids is 1. The summed E-state index contributed by atoms with van der Waals surface area (Å²) in [7, 11) is 0. The number of hydrogen-bond acceptors (Lipinski definition) is 3. The van der Waals surface area contributed by atoms with Gasteiger partial charge >= 0.3 is 12.1 Å². The van der Waals surface area contributed by atoms with E-state index < -0.39 is 36.3 Å². The van der Waals surface area contributed by atoms with Crippen LogP contribution < -0.4 is 10.1 Å². The maximum Gasteiger partial charge on any atom is 0.416 e. The number of halogens is 3. The topological polar surface area (TPSA) is 75.6 Å². The van der Waals surface area contributed by atoms with E-state index in [0.717, 1.165) is 24.3 Å². The molecule has 2 N–H and O–H groups in total. The molecule has 1 amide bonds. The summed E-state index contributed by atoms with van der Waals surface area (Å²) in [6.45, 7) is 0.793. The molecule has 0 radical (unpaired) electrons. The van der Waals surface area contributed by atoms with Gasteiger partial charge in [-0.2, -0.15) is 13.2 Å². The molecule has 8 heteroatoms.